The molecule has 4 rings (SSSR count). The molecule has 6 nitrogen and oxygen atoms in total. The lowest BCUT2D eigenvalue weighted by Gasteiger charge is -2.18. The molecular formula is C20H19N3O3. The fourth-order valence-electron chi connectivity index (χ4n) is 3.43. The Morgan fingerprint density at radius 2 is 2.04 bits per heavy atom. The molecule has 0 radical (unpaired) electrons. The van der Waals surface area contributed by atoms with Gasteiger partial charge in [-0.3, -0.25) is 9.59 Å². The number of aromatic amines is 1. The van der Waals surface area contributed by atoms with Crippen LogP contribution in [0.25, 0.3) is 10.8 Å². The highest BCUT2D eigenvalue weighted by molar-refractivity contribution is 5.85. The topological polar surface area (TPSA) is 95.1 Å². The van der Waals surface area contributed by atoms with Crippen LogP contribution in [0.5, 0.6) is 0 Å². The number of fused-ring (bicyclic) bond motifs is 1. The molecule has 1 saturated carbocycles. The zero-order valence-corrected chi connectivity index (χ0v) is 14.1. The molecule has 3 aromatic rings. The maximum Gasteiger partial charge on any atom is 0.305 e. The minimum Gasteiger partial charge on any atom is -0.481 e. The number of aromatic nitrogens is 2. The van der Waals surface area contributed by atoms with Gasteiger partial charge >= 0.3 is 5.97 Å². The third kappa shape index (κ3) is 3.31. The molecule has 0 aliphatic heterocycles. The van der Waals surface area contributed by atoms with Gasteiger partial charge in [0.15, 0.2) is 0 Å². The Morgan fingerprint density at radius 3 is 2.77 bits per heavy atom. The first-order valence-electron chi connectivity index (χ1n) is 8.61. The monoisotopic (exact) mass is 349 g/mol. The molecule has 1 amide bonds. The molecule has 3 N–H and O–H groups in total. The van der Waals surface area contributed by atoms with Gasteiger partial charge in [-0.05, 0) is 28.8 Å². The summed E-state index contributed by atoms with van der Waals surface area (Å²) in [6.07, 6.45) is 3.94. The molecule has 1 aromatic heterocycles. The first kappa shape index (κ1) is 16.3. The number of imidazole rings is 1. The molecular weight excluding hydrogens is 330 g/mol. The number of benzene rings is 2. The van der Waals surface area contributed by atoms with Crippen molar-refractivity contribution >= 4 is 22.6 Å². The Balaban J connectivity index is 1.53. The highest BCUT2D eigenvalue weighted by Crippen LogP contribution is 2.47. The van der Waals surface area contributed by atoms with Crippen molar-refractivity contribution in [2.75, 3.05) is 0 Å². The number of hydrogen-bond donors (Lipinski definition) is 3. The van der Waals surface area contributed by atoms with Crippen molar-refractivity contribution in [3.63, 3.8) is 0 Å². The van der Waals surface area contributed by atoms with Gasteiger partial charge in [-0.1, -0.05) is 36.4 Å². The SMILES string of the molecule is O=C(O)C[C@H](NC(=O)[C@@H]1C[C@H]1c1cnc[nH]1)c1ccc2ccccc2c1. The molecule has 0 saturated heterocycles. The number of amides is 1. The third-order valence-corrected chi connectivity index (χ3v) is 4.92. The molecule has 26 heavy (non-hydrogen) atoms. The van der Waals surface area contributed by atoms with E-state index in [1.165, 1.54) is 0 Å². The van der Waals surface area contributed by atoms with Gasteiger partial charge in [0.05, 0.1) is 18.8 Å². The first-order chi connectivity index (χ1) is 12.6. The van der Waals surface area contributed by atoms with Gasteiger partial charge in [0.1, 0.15) is 0 Å². The summed E-state index contributed by atoms with van der Waals surface area (Å²) < 4.78 is 0. The van der Waals surface area contributed by atoms with Crippen LogP contribution in [-0.2, 0) is 9.59 Å². The predicted molar refractivity (Wildman–Crippen MR) is 96.5 cm³/mol. The smallest absolute Gasteiger partial charge is 0.305 e. The van der Waals surface area contributed by atoms with E-state index in [1.54, 1.807) is 12.5 Å². The number of H-pyrrole nitrogens is 1. The molecule has 0 unspecified atom stereocenters. The van der Waals surface area contributed by atoms with Crippen LogP contribution in [0.3, 0.4) is 0 Å². The number of rotatable bonds is 6. The summed E-state index contributed by atoms with van der Waals surface area (Å²) in [5.41, 5.74) is 1.75. The Kier molecular flexibility index (Phi) is 4.16. The van der Waals surface area contributed by atoms with Crippen LogP contribution in [0.2, 0.25) is 0 Å². The van der Waals surface area contributed by atoms with E-state index < -0.39 is 12.0 Å². The van der Waals surface area contributed by atoms with Gasteiger partial charge in [0.25, 0.3) is 0 Å². The number of carboxylic acid groups (broad SMARTS) is 1. The lowest BCUT2D eigenvalue weighted by Crippen LogP contribution is -2.31. The summed E-state index contributed by atoms with van der Waals surface area (Å²) >= 11 is 0. The number of carboxylic acids is 1. The van der Waals surface area contributed by atoms with E-state index in [2.05, 4.69) is 15.3 Å². The zero-order chi connectivity index (χ0) is 18.1. The summed E-state index contributed by atoms with van der Waals surface area (Å²) in [6, 6.07) is 13.1. The van der Waals surface area contributed by atoms with Crippen LogP contribution < -0.4 is 5.32 Å². The number of hydrogen-bond acceptors (Lipinski definition) is 3. The highest BCUT2D eigenvalue weighted by atomic mass is 16.4. The van der Waals surface area contributed by atoms with Crippen molar-refractivity contribution in [2.24, 2.45) is 5.92 Å². The summed E-state index contributed by atoms with van der Waals surface area (Å²) in [6.45, 7) is 0. The Bertz CT molecular complexity index is 952. The summed E-state index contributed by atoms with van der Waals surface area (Å²) in [7, 11) is 0. The van der Waals surface area contributed by atoms with Crippen molar-refractivity contribution in [3.05, 3.63) is 66.2 Å². The van der Waals surface area contributed by atoms with E-state index in [1.807, 2.05) is 42.5 Å². The van der Waals surface area contributed by atoms with E-state index in [-0.39, 0.29) is 24.2 Å². The Morgan fingerprint density at radius 1 is 1.23 bits per heavy atom. The molecule has 132 valence electrons. The van der Waals surface area contributed by atoms with E-state index in [0.29, 0.717) is 0 Å². The molecule has 1 aliphatic carbocycles. The fraction of sp³-hybridized carbons (Fsp3) is 0.250. The van der Waals surface area contributed by atoms with Gasteiger partial charge in [0, 0.05) is 23.7 Å². The van der Waals surface area contributed by atoms with Gasteiger partial charge in [-0.2, -0.15) is 0 Å². The number of nitrogens with zero attached hydrogens (tertiary/aromatic N) is 1. The molecule has 6 heteroatoms. The van der Waals surface area contributed by atoms with Gasteiger partial charge in [0.2, 0.25) is 5.91 Å². The number of carbonyl (C=O) groups excluding carboxylic acids is 1. The van der Waals surface area contributed by atoms with Gasteiger partial charge in [-0.15, -0.1) is 0 Å². The van der Waals surface area contributed by atoms with E-state index in [9.17, 15) is 14.7 Å². The van der Waals surface area contributed by atoms with Crippen LogP contribution in [0.1, 0.15) is 36.1 Å². The van der Waals surface area contributed by atoms with Gasteiger partial charge < -0.3 is 15.4 Å². The average molecular weight is 349 g/mol. The summed E-state index contributed by atoms with van der Waals surface area (Å²) in [5.74, 6) is -1.04. The molecule has 3 atom stereocenters. The Hall–Kier alpha value is -3.15. The summed E-state index contributed by atoms with van der Waals surface area (Å²) in [5, 5.41) is 14.3. The first-order valence-corrected chi connectivity index (χ1v) is 8.61. The molecule has 0 spiro atoms. The molecule has 1 aliphatic rings. The minimum atomic E-state index is -0.940. The summed E-state index contributed by atoms with van der Waals surface area (Å²) in [4.78, 5) is 30.9. The zero-order valence-electron chi connectivity index (χ0n) is 14.1. The van der Waals surface area contributed by atoms with E-state index in [4.69, 9.17) is 0 Å². The van der Waals surface area contributed by atoms with Gasteiger partial charge in [-0.25, -0.2) is 4.98 Å². The second-order valence-electron chi connectivity index (χ2n) is 6.72. The number of aliphatic carboxylic acids is 1. The normalized spacial score (nSPS) is 19.8. The average Bonchev–Trinajstić information content (AvgIpc) is 3.26. The molecule has 1 fully saturated rings. The number of nitrogens with one attached hydrogen (secondary N) is 2. The minimum absolute atomic E-state index is 0.107. The third-order valence-electron chi connectivity index (χ3n) is 4.92. The van der Waals surface area contributed by atoms with Crippen LogP contribution in [0.4, 0.5) is 0 Å². The standard InChI is InChI=1S/C20H19N3O3/c24-19(25)9-17(14-6-5-12-3-1-2-4-13(12)7-14)23-20(26)16-8-15(16)18-10-21-11-22-18/h1-7,10-11,15-17H,8-9H2,(H,21,22)(H,23,26)(H,24,25)/t15-,16-,17+/m1/s1. The van der Waals surface area contributed by atoms with Crippen molar-refractivity contribution in [3.8, 4) is 0 Å². The molecule has 1 heterocycles. The molecule has 2 aromatic carbocycles. The van der Waals surface area contributed by atoms with Crippen molar-refractivity contribution < 1.29 is 14.7 Å². The van der Waals surface area contributed by atoms with Crippen LogP contribution in [0, 0.1) is 5.92 Å². The van der Waals surface area contributed by atoms with Crippen LogP contribution >= 0.6 is 0 Å². The maximum atomic E-state index is 12.6. The van der Waals surface area contributed by atoms with Crippen LogP contribution in [0.15, 0.2) is 55.0 Å². The second kappa shape index (κ2) is 6.63. The highest BCUT2D eigenvalue weighted by Gasteiger charge is 2.45. The molecule has 0 bridgehead atoms. The largest absolute Gasteiger partial charge is 0.481 e. The van der Waals surface area contributed by atoms with Crippen molar-refractivity contribution in [1.82, 2.24) is 15.3 Å². The lowest BCUT2D eigenvalue weighted by molar-refractivity contribution is -0.137. The van der Waals surface area contributed by atoms with Crippen molar-refractivity contribution in [1.29, 1.82) is 0 Å². The van der Waals surface area contributed by atoms with Crippen LogP contribution in [-0.4, -0.2) is 27.0 Å². The van der Waals surface area contributed by atoms with E-state index in [0.717, 1.165) is 28.5 Å². The quantitative estimate of drug-likeness (QED) is 0.637. The fourth-order valence-corrected chi connectivity index (χ4v) is 3.43. The number of carbonyl (C=O) groups is 2. The lowest BCUT2D eigenvalue weighted by atomic mass is 9.99. The Labute approximate surface area is 150 Å². The van der Waals surface area contributed by atoms with E-state index >= 15 is 0 Å². The second-order valence-corrected chi connectivity index (χ2v) is 6.72. The van der Waals surface area contributed by atoms with Crippen molar-refractivity contribution in [2.45, 2.75) is 24.8 Å². The maximum absolute atomic E-state index is 12.6. The predicted octanol–water partition coefficient (Wildman–Crippen LogP) is 3.00.